The van der Waals surface area contributed by atoms with Crippen LogP contribution >= 0.6 is 0 Å². The summed E-state index contributed by atoms with van der Waals surface area (Å²) in [6.07, 6.45) is 3.98. The van der Waals surface area contributed by atoms with Gasteiger partial charge in [0.15, 0.2) is 0 Å². The number of anilines is 1. The predicted octanol–water partition coefficient (Wildman–Crippen LogP) is 2.23. The summed E-state index contributed by atoms with van der Waals surface area (Å²) >= 11 is 0. The van der Waals surface area contributed by atoms with Gasteiger partial charge in [0, 0.05) is 5.69 Å². The van der Waals surface area contributed by atoms with Crippen LogP contribution in [0.2, 0.25) is 0 Å². The van der Waals surface area contributed by atoms with Gasteiger partial charge in [0.1, 0.15) is 12.1 Å². The van der Waals surface area contributed by atoms with Crippen molar-refractivity contribution in [3.8, 4) is 0 Å². The van der Waals surface area contributed by atoms with Crippen molar-refractivity contribution in [2.45, 2.75) is 44.6 Å². The minimum atomic E-state index is -0.894. The molecule has 0 aromatic heterocycles. The van der Waals surface area contributed by atoms with Crippen LogP contribution in [0.25, 0.3) is 0 Å². The lowest BCUT2D eigenvalue weighted by atomic mass is 9.75. The molecule has 3 rings (SSSR count). The lowest BCUT2D eigenvalue weighted by Gasteiger charge is -2.34. The highest BCUT2D eigenvalue weighted by molar-refractivity contribution is 6.10. The van der Waals surface area contributed by atoms with Crippen LogP contribution in [0.3, 0.4) is 0 Å². The van der Waals surface area contributed by atoms with Crippen molar-refractivity contribution in [2.75, 3.05) is 11.9 Å². The normalized spacial score (nSPS) is 24.6. The predicted molar refractivity (Wildman–Crippen MR) is 98.8 cm³/mol. The quantitative estimate of drug-likeness (QED) is 0.704. The minimum Gasteiger partial charge on any atom is -0.323 e. The fourth-order valence-electron chi connectivity index (χ4n) is 3.73. The van der Waals surface area contributed by atoms with Gasteiger partial charge in [-0.2, -0.15) is 0 Å². The van der Waals surface area contributed by atoms with E-state index in [1.165, 1.54) is 0 Å². The summed E-state index contributed by atoms with van der Waals surface area (Å²) < 4.78 is 0. The van der Waals surface area contributed by atoms with Crippen molar-refractivity contribution in [1.82, 2.24) is 15.5 Å². The van der Waals surface area contributed by atoms with E-state index in [-0.39, 0.29) is 5.91 Å². The molecule has 1 aromatic rings. The highest BCUT2D eigenvalue weighted by Crippen LogP contribution is 2.37. The van der Waals surface area contributed by atoms with Crippen LogP contribution in [0.15, 0.2) is 30.3 Å². The minimum absolute atomic E-state index is 0.374. The monoisotopic (exact) mass is 372 g/mol. The van der Waals surface area contributed by atoms with Crippen molar-refractivity contribution in [1.29, 1.82) is 0 Å². The Morgan fingerprint density at radius 1 is 1.19 bits per heavy atom. The van der Waals surface area contributed by atoms with E-state index in [0.29, 0.717) is 24.4 Å². The summed E-state index contributed by atoms with van der Waals surface area (Å²) in [5.41, 5.74) is -0.362. The molecular weight excluding hydrogens is 348 g/mol. The van der Waals surface area contributed by atoms with E-state index in [1.807, 2.05) is 0 Å². The molecule has 0 unspecified atom stereocenters. The van der Waals surface area contributed by atoms with Gasteiger partial charge in [-0.05, 0) is 43.7 Å². The molecule has 0 radical (unpaired) electrons. The van der Waals surface area contributed by atoms with E-state index >= 15 is 0 Å². The van der Waals surface area contributed by atoms with Crippen LogP contribution in [-0.4, -0.2) is 40.9 Å². The van der Waals surface area contributed by atoms with Crippen LogP contribution in [0.4, 0.5) is 15.3 Å². The Bertz CT molecular complexity index is 741. The van der Waals surface area contributed by atoms with Gasteiger partial charge in [-0.1, -0.05) is 31.5 Å². The number of nitrogens with one attached hydrogen (secondary N) is 3. The van der Waals surface area contributed by atoms with Crippen molar-refractivity contribution < 1.29 is 19.2 Å². The number of hydrogen-bond donors (Lipinski definition) is 3. The lowest BCUT2D eigenvalue weighted by molar-refractivity contribution is -0.135. The second-order valence-corrected chi connectivity index (χ2v) is 7.12. The Kier molecular flexibility index (Phi) is 5.43. The van der Waals surface area contributed by atoms with Crippen molar-refractivity contribution in [3.63, 3.8) is 0 Å². The first-order valence-electron chi connectivity index (χ1n) is 9.23. The number of benzene rings is 1. The molecule has 1 aliphatic heterocycles. The van der Waals surface area contributed by atoms with E-state index in [0.717, 1.165) is 24.2 Å². The maximum Gasteiger partial charge on any atom is 0.325 e. The molecule has 2 aliphatic rings. The SMILES string of the molecule is CCC1CCC2(CC1)NC(=O)N(CC(=O)NC(=O)Nc1ccccc1)C2=O. The van der Waals surface area contributed by atoms with Gasteiger partial charge < -0.3 is 10.6 Å². The van der Waals surface area contributed by atoms with Gasteiger partial charge in [0.05, 0.1) is 0 Å². The standard InChI is InChI=1S/C19H24N4O4/c1-2-13-8-10-19(11-9-13)16(25)23(18(27)22-19)12-15(24)21-17(26)20-14-6-4-3-5-7-14/h3-7,13H,2,8-12H2,1H3,(H,22,27)(H2,20,21,24,26). The molecule has 144 valence electrons. The molecule has 3 N–H and O–H groups in total. The highest BCUT2D eigenvalue weighted by Gasteiger charge is 2.52. The third kappa shape index (κ3) is 4.10. The van der Waals surface area contributed by atoms with Crippen molar-refractivity contribution in [3.05, 3.63) is 30.3 Å². The molecule has 0 atom stereocenters. The maximum atomic E-state index is 12.8. The number of rotatable bonds is 4. The Labute approximate surface area is 157 Å². The summed E-state index contributed by atoms with van der Waals surface area (Å²) in [7, 11) is 0. The largest absolute Gasteiger partial charge is 0.325 e. The third-order valence-corrected chi connectivity index (χ3v) is 5.37. The zero-order valence-corrected chi connectivity index (χ0v) is 15.3. The highest BCUT2D eigenvalue weighted by atomic mass is 16.2. The molecule has 2 fully saturated rings. The number of nitrogens with zero attached hydrogens (tertiary/aromatic N) is 1. The Balaban J connectivity index is 1.55. The Morgan fingerprint density at radius 2 is 1.85 bits per heavy atom. The van der Waals surface area contributed by atoms with E-state index in [9.17, 15) is 19.2 Å². The molecule has 8 heteroatoms. The molecule has 1 saturated carbocycles. The average Bonchev–Trinajstić information content (AvgIpc) is 2.87. The summed E-state index contributed by atoms with van der Waals surface area (Å²) in [5.74, 6) is -0.522. The first-order valence-corrected chi connectivity index (χ1v) is 9.23. The summed E-state index contributed by atoms with van der Waals surface area (Å²) in [6, 6.07) is 7.37. The molecule has 1 heterocycles. The number of amides is 6. The van der Waals surface area contributed by atoms with Gasteiger partial charge >= 0.3 is 12.1 Å². The Hall–Kier alpha value is -2.90. The van der Waals surface area contributed by atoms with E-state index in [2.05, 4.69) is 22.9 Å². The molecule has 1 aromatic carbocycles. The Morgan fingerprint density at radius 3 is 2.48 bits per heavy atom. The third-order valence-electron chi connectivity index (χ3n) is 5.37. The van der Waals surface area contributed by atoms with Crippen LogP contribution in [0.5, 0.6) is 0 Å². The second-order valence-electron chi connectivity index (χ2n) is 7.12. The van der Waals surface area contributed by atoms with Crippen molar-refractivity contribution >= 4 is 29.6 Å². The van der Waals surface area contributed by atoms with Crippen LogP contribution in [-0.2, 0) is 9.59 Å². The molecule has 0 bridgehead atoms. The number of hydrogen-bond acceptors (Lipinski definition) is 4. The molecular formula is C19H24N4O4. The number of carbonyl (C=O) groups excluding carboxylic acids is 4. The molecule has 1 spiro atoms. The summed E-state index contributed by atoms with van der Waals surface area (Å²) in [4.78, 5) is 49.9. The molecule has 6 amide bonds. The first kappa shape index (κ1) is 18.9. The van der Waals surface area contributed by atoms with Crippen molar-refractivity contribution in [2.24, 2.45) is 5.92 Å². The van der Waals surface area contributed by atoms with Crippen LogP contribution in [0, 0.1) is 5.92 Å². The van der Waals surface area contributed by atoms with Crippen LogP contribution < -0.4 is 16.0 Å². The fourth-order valence-corrected chi connectivity index (χ4v) is 3.73. The molecule has 1 saturated heterocycles. The maximum absolute atomic E-state index is 12.8. The zero-order chi connectivity index (χ0) is 19.4. The molecule has 8 nitrogen and oxygen atoms in total. The van der Waals surface area contributed by atoms with Gasteiger partial charge in [0.2, 0.25) is 5.91 Å². The van der Waals surface area contributed by atoms with E-state index < -0.39 is 30.1 Å². The number of imide groups is 2. The number of para-hydroxylation sites is 1. The van der Waals surface area contributed by atoms with E-state index in [1.54, 1.807) is 30.3 Å². The summed E-state index contributed by atoms with van der Waals surface area (Å²) in [6.45, 7) is 1.64. The first-order chi connectivity index (χ1) is 12.9. The number of urea groups is 2. The van der Waals surface area contributed by atoms with Gasteiger partial charge in [-0.25, -0.2) is 9.59 Å². The van der Waals surface area contributed by atoms with Gasteiger partial charge in [-0.3, -0.25) is 19.8 Å². The van der Waals surface area contributed by atoms with Crippen LogP contribution in [0.1, 0.15) is 39.0 Å². The van der Waals surface area contributed by atoms with E-state index in [4.69, 9.17) is 0 Å². The zero-order valence-electron chi connectivity index (χ0n) is 15.3. The van der Waals surface area contributed by atoms with Gasteiger partial charge in [0.25, 0.3) is 5.91 Å². The lowest BCUT2D eigenvalue weighted by Crippen LogP contribution is -2.50. The fraction of sp³-hybridized carbons (Fsp3) is 0.474. The van der Waals surface area contributed by atoms with Gasteiger partial charge in [-0.15, -0.1) is 0 Å². The molecule has 27 heavy (non-hydrogen) atoms. The average molecular weight is 372 g/mol. The topological polar surface area (TPSA) is 108 Å². The smallest absolute Gasteiger partial charge is 0.323 e. The number of carbonyl (C=O) groups is 4. The summed E-state index contributed by atoms with van der Waals surface area (Å²) in [5, 5.41) is 7.42. The molecule has 1 aliphatic carbocycles. The second kappa shape index (κ2) is 7.77.